The Bertz CT molecular complexity index is 546. The van der Waals surface area contributed by atoms with Crippen LogP contribution in [0.2, 0.25) is 10.0 Å². The Kier molecular flexibility index (Phi) is 3.50. The summed E-state index contributed by atoms with van der Waals surface area (Å²) in [5, 5.41) is 11.5. The number of halogens is 2. The predicted octanol–water partition coefficient (Wildman–Crippen LogP) is 4.62. The second-order valence-corrected chi connectivity index (χ2v) is 6.16. The monoisotopic (exact) mass is 286 g/mol. The van der Waals surface area contributed by atoms with Crippen molar-refractivity contribution < 1.29 is 5.11 Å². The topological polar surface area (TPSA) is 20.2 Å². The van der Waals surface area contributed by atoms with E-state index in [0.29, 0.717) is 15.6 Å². The minimum atomic E-state index is -1.11. The fourth-order valence-corrected chi connectivity index (χ4v) is 3.12. The van der Waals surface area contributed by atoms with E-state index in [1.54, 1.807) is 36.5 Å². The van der Waals surface area contributed by atoms with Crippen molar-refractivity contribution >= 4 is 34.5 Å². The normalized spacial score (nSPS) is 14.6. The summed E-state index contributed by atoms with van der Waals surface area (Å²) in [5.74, 6) is 0. The zero-order valence-electron chi connectivity index (χ0n) is 9.50. The maximum Gasteiger partial charge on any atom is 0.122 e. The molecule has 1 atom stereocenters. The average molecular weight is 287 g/mol. The number of aryl methyl sites for hydroxylation is 1. The van der Waals surface area contributed by atoms with Crippen molar-refractivity contribution in [2.75, 3.05) is 0 Å². The number of hydrogen-bond acceptors (Lipinski definition) is 2. The van der Waals surface area contributed by atoms with Crippen LogP contribution >= 0.6 is 34.5 Å². The largest absolute Gasteiger partial charge is 0.380 e. The van der Waals surface area contributed by atoms with E-state index in [9.17, 15) is 5.11 Å². The van der Waals surface area contributed by atoms with Crippen molar-refractivity contribution in [1.82, 2.24) is 0 Å². The van der Waals surface area contributed by atoms with Gasteiger partial charge >= 0.3 is 0 Å². The van der Waals surface area contributed by atoms with Crippen LogP contribution in [-0.4, -0.2) is 5.11 Å². The van der Waals surface area contributed by atoms with Crippen LogP contribution < -0.4 is 0 Å². The molecule has 1 unspecified atom stereocenters. The molecule has 1 N–H and O–H groups in total. The van der Waals surface area contributed by atoms with Gasteiger partial charge in [-0.1, -0.05) is 35.3 Å². The molecule has 1 aromatic heterocycles. The number of thiophene rings is 1. The van der Waals surface area contributed by atoms with Crippen LogP contribution in [0.25, 0.3) is 0 Å². The average Bonchev–Trinajstić information content (AvgIpc) is 2.69. The standard InChI is InChI=1S/C13H12Cl2OS/c1-8-6-7-11(17-8)13(2,16)9-4-3-5-10(14)12(9)15/h3-7,16H,1-2H3. The Labute approximate surface area is 115 Å². The summed E-state index contributed by atoms with van der Waals surface area (Å²) in [5.41, 5.74) is -0.477. The summed E-state index contributed by atoms with van der Waals surface area (Å²) in [6.45, 7) is 3.74. The molecule has 0 amide bonds. The Morgan fingerprint density at radius 2 is 1.88 bits per heavy atom. The number of rotatable bonds is 2. The maximum atomic E-state index is 10.6. The predicted molar refractivity (Wildman–Crippen MR) is 74.2 cm³/mol. The fourth-order valence-electron chi connectivity index (χ4n) is 1.71. The van der Waals surface area contributed by atoms with Gasteiger partial charge in [-0.05, 0) is 32.0 Å². The Morgan fingerprint density at radius 3 is 2.47 bits per heavy atom. The maximum absolute atomic E-state index is 10.6. The highest BCUT2D eigenvalue weighted by Gasteiger charge is 2.30. The number of hydrogen-bond donors (Lipinski definition) is 1. The van der Waals surface area contributed by atoms with Gasteiger partial charge in [-0.2, -0.15) is 0 Å². The minimum absolute atomic E-state index is 0.408. The molecule has 0 aliphatic heterocycles. The third-order valence-electron chi connectivity index (χ3n) is 2.70. The molecule has 2 aromatic rings. The smallest absolute Gasteiger partial charge is 0.122 e. The molecule has 17 heavy (non-hydrogen) atoms. The highest BCUT2D eigenvalue weighted by Crippen LogP contribution is 2.39. The molecular weight excluding hydrogens is 275 g/mol. The summed E-state index contributed by atoms with van der Waals surface area (Å²) in [6.07, 6.45) is 0. The van der Waals surface area contributed by atoms with Gasteiger partial charge in [0.2, 0.25) is 0 Å². The molecule has 0 radical (unpaired) electrons. The van der Waals surface area contributed by atoms with Gasteiger partial charge in [0.25, 0.3) is 0 Å². The van der Waals surface area contributed by atoms with Gasteiger partial charge in [-0.15, -0.1) is 11.3 Å². The van der Waals surface area contributed by atoms with E-state index in [1.165, 1.54) is 0 Å². The minimum Gasteiger partial charge on any atom is -0.380 e. The first-order valence-corrected chi connectivity index (χ1v) is 6.74. The lowest BCUT2D eigenvalue weighted by molar-refractivity contribution is 0.106. The van der Waals surface area contributed by atoms with Crippen molar-refractivity contribution in [2.45, 2.75) is 19.4 Å². The van der Waals surface area contributed by atoms with E-state index < -0.39 is 5.60 Å². The molecule has 90 valence electrons. The molecular formula is C13H12Cl2OS. The van der Waals surface area contributed by atoms with Gasteiger partial charge < -0.3 is 5.11 Å². The van der Waals surface area contributed by atoms with Crippen LogP contribution in [0.5, 0.6) is 0 Å². The van der Waals surface area contributed by atoms with Crippen LogP contribution in [0.4, 0.5) is 0 Å². The van der Waals surface area contributed by atoms with Crippen LogP contribution in [0.1, 0.15) is 22.2 Å². The molecule has 0 saturated heterocycles. The Morgan fingerprint density at radius 1 is 1.18 bits per heavy atom. The Hall–Kier alpha value is -0.540. The van der Waals surface area contributed by atoms with Gasteiger partial charge in [0.15, 0.2) is 0 Å². The van der Waals surface area contributed by atoms with Crippen molar-refractivity contribution in [1.29, 1.82) is 0 Å². The number of aliphatic hydroxyl groups is 1. The molecule has 0 aliphatic carbocycles. The molecule has 0 bridgehead atoms. The third kappa shape index (κ3) is 2.36. The second-order valence-electron chi connectivity index (χ2n) is 4.08. The van der Waals surface area contributed by atoms with Gasteiger partial charge in [0.05, 0.1) is 10.0 Å². The third-order valence-corrected chi connectivity index (χ3v) is 4.73. The molecule has 0 spiro atoms. The molecule has 0 fully saturated rings. The van der Waals surface area contributed by atoms with Crippen molar-refractivity contribution in [3.05, 3.63) is 55.7 Å². The molecule has 2 rings (SSSR count). The van der Waals surface area contributed by atoms with Gasteiger partial charge in [0, 0.05) is 15.3 Å². The summed E-state index contributed by atoms with van der Waals surface area (Å²) in [7, 11) is 0. The van der Waals surface area contributed by atoms with E-state index in [-0.39, 0.29) is 0 Å². The molecule has 0 saturated carbocycles. The molecule has 1 aromatic carbocycles. The lowest BCUT2D eigenvalue weighted by Gasteiger charge is -2.24. The van der Waals surface area contributed by atoms with Crippen LogP contribution in [0.3, 0.4) is 0 Å². The first-order valence-electron chi connectivity index (χ1n) is 5.16. The van der Waals surface area contributed by atoms with Crippen molar-refractivity contribution in [3.63, 3.8) is 0 Å². The molecule has 1 heterocycles. The highest BCUT2D eigenvalue weighted by molar-refractivity contribution is 7.12. The van der Waals surface area contributed by atoms with Gasteiger partial charge in [0.1, 0.15) is 5.60 Å². The van der Waals surface area contributed by atoms with Crippen LogP contribution in [0.15, 0.2) is 30.3 Å². The molecule has 0 aliphatic rings. The number of benzene rings is 1. The lowest BCUT2D eigenvalue weighted by Crippen LogP contribution is -2.21. The zero-order valence-corrected chi connectivity index (χ0v) is 11.8. The van der Waals surface area contributed by atoms with Crippen molar-refractivity contribution in [3.8, 4) is 0 Å². The van der Waals surface area contributed by atoms with E-state index in [0.717, 1.165) is 9.75 Å². The fraction of sp³-hybridized carbons (Fsp3) is 0.231. The van der Waals surface area contributed by atoms with E-state index in [2.05, 4.69) is 0 Å². The highest BCUT2D eigenvalue weighted by atomic mass is 35.5. The summed E-state index contributed by atoms with van der Waals surface area (Å²) < 4.78 is 0. The van der Waals surface area contributed by atoms with Crippen molar-refractivity contribution in [2.24, 2.45) is 0 Å². The molecule has 1 nitrogen and oxygen atoms in total. The molecule has 4 heteroatoms. The van der Waals surface area contributed by atoms with Crippen LogP contribution in [-0.2, 0) is 5.60 Å². The summed E-state index contributed by atoms with van der Waals surface area (Å²) >= 11 is 13.7. The van der Waals surface area contributed by atoms with Crippen LogP contribution in [0, 0.1) is 6.92 Å². The SMILES string of the molecule is Cc1ccc(C(C)(O)c2cccc(Cl)c2Cl)s1. The van der Waals surface area contributed by atoms with E-state index in [1.807, 2.05) is 19.1 Å². The first kappa shape index (κ1) is 12.9. The Balaban J connectivity index is 2.55. The van der Waals surface area contributed by atoms with Gasteiger partial charge in [-0.3, -0.25) is 0 Å². The zero-order chi connectivity index (χ0) is 12.6. The summed E-state index contributed by atoms with van der Waals surface area (Å²) in [6, 6.07) is 9.19. The lowest BCUT2D eigenvalue weighted by atomic mass is 9.94. The van der Waals surface area contributed by atoms with E-state index in [4.69, 9.17) is 23.2 Å². The summed E-state index contributed by atoms with van der Waals surface area (Å²) in [4.78, 5) is 2.01. The van der Waals surface area contributed by atoms with E-state index >= 15 is 0 Å². The quantitative estimate of drug-likeness (QED) is 0.854. The second kappa shape index (κ2) is 4.62. The van der Waals surface area contributed by atoms with Gasteiger partial charge in [-0.25, -0.2) is 0 Å². The first-order chi connectivity index (χ1) is 7.93.